The fourth-order valence-corrected chi connectivity index (χ4v) is 8.22. The molecular formula is C24H29F3N10O12P2. The number of aromatic nitrogens is 8. The Kier molecular flexibility index (Phi) is 9.20. The van der Waals surface area contributed by atoms with Crippen molar-refractivity contribution in [1.29, 1.82) is 0 Å². The first-order valence-corrected chi connectivity index (χ1v) is 18.0. The van der Waals surface area contributed by atoms with Crippen LogP contribution in [0.25, 0.3) is 22.3 Å². The molecule has 7 heterocycles. The lowest BCUT2D eigenvalue weighted by atomic mass is 9.92. The SMILES string of the molecule is Nc1nc2c(ncn2[C@@H]2O[C@@H]3COP(=O)(O)OC4C(O)[C@H](n5cnc6c(N)ncnc65)O[C@@H]4COP(=O)(O)OC2C3CCCC(F)(F)F)c(=O)[nH]1. The first-order valence-electron chi connectivity index (χ1n) is 15.0. The molecule has 10 atom stereocenters. The number of hydrogen-bond donors (Lipinski definition) is 6. The Hall–Kier alpha value is -3.61. The van der Waals surface area contributed by atoms with Crippen LogP contribution in [0.15, 0.2) is 23.8 Å². The minimum absolute atomic E-state index is 0.00149. The van der Waals surface area contributed by atoms with E-state index in [0.29, 0.717) is 0 Å². The Labute approximate surface area is 282 Å². The van der Waals surface area contributed by atoms with Gasteiger partial charge >= 0.3 is 21.8 Å². The van der Waals surface area contributed by atoms with E-state index in [0.717, 1.165) is 17.2 Å². The molecule has 22 nitrogen and oxygen atoms in total. The predicted molar refractivity (Wildman–Crippen MR) is 161 cm³/mol. The van der Waals surface area contributed by atoms with Crippen molar-refractivity contribution in [2.45, 2.75) is 68.4 Å². The van der Waals surface area contributed by atoms with E-state index < -0.39 is 102 Å². The van der Waals surface area contributed by atoms with Crippen molar-refractivity contribution in [3.63, 3.8) is 0 Å². The van der Waals surface area contributed by atoms with Crippen molar-refractivity contribution in [2.24, 2.45) is 5.92 Å². The van der Waals surface area contributed by atoms with Crippen LogP contribution in [-0.2, 0) is 36.7 Å². The molecule has 51 heavy (non-hydrogen) atoms. The number of halogens is 3. The molecule has 8 N–H and O–H groups in total. The Morgan fingerprint density at radius 1 is 0.902 bits per heavy atom. The van der Waals surface area contributed by atoms with Gasteiger partial charge in [0.1, 0.15) is 36.3 Å². The van der Waals surface area contributed by atoms with E-state index in [9.17, 15) is 42.0 Å². The van der Waals surface area contributed by atoms with E-state index in [2.05, 4.69) is 29.9 Å². The van der Waals surface area contributed by atoms with Crippen LogP contribution in [0.3, 0.4) is 0 Å². The summed E-state index contributed by atoms with van der Waals surface area (Å²) in [6, 6.07) is 0. The van der Waals surface area contributed by atoms with Gasteiger partial charge in [-0.3, -0.25) is 37.0 Å². The van der Waals surface area contributed by atoms with Crippen LogP contribution >= 0.6 is 15.6 Å². The van der Waals surface area contributed by atoms with Crippen molar-refractivity contribution in [3.05, 3.63) is 29.3 Å². The topological polar surface area (TPSA) is 309 Å². The molecule has 0 radical (unpaired) electrons. The van der Waals surface area contributed by atoms with Crippen molar-refractivity contribution in [3.8, 4) is 0 Å². The summed E-state index contributed by atoms with van der Waals surface area (Å²) in [5, 5.41) is 11.2. The van der Waals surface area contributed by atoms with Crippen LogP contribution in [0, 0.1) is 5.92 Å². The minimum Gasteiger partial charge on any atom is -0.386 e. The number of hydrogen-bond acceptors (Lipinski definition) is 17. The second kappa shape index (κ2) is 13.1. The number of aromatic amines is 1. The molecule has 0 aromatic carbocycles. The second-order valence-corrected chi connectivity index (χ2v) is 14.6. The normalized spacial score (nSPS) is 35.0. The molecule has 2 bridgehead atoms. The number of nitrogens with one attached hydrogen (secondary N) is 1. The molecule has 0 saturated carbocycles. The molecule has 0 aliphatic carbocycles. The maximum atomic E-state index is 13.5. The lowest BCUT2D eigenvalue weighted by molar-refractivity contribution is -0.136. The van der Waals surface area contributed by atoms with Gasteiger partial charge in [0, 0.05) is 12.3 Å². The number of alkyl halides is 3. The van der Waals surface area contributed by atoms with Gasteiger partial charge in [-0.15, -0.1) is 0 Å². The van der Waals surface area contributed by atoms with E-state index in [4.69, 9.17) is 39.0 Å². The van der Waals surface area contributed by atoms with Gasteiger partial charge in [0.15, 0.2) is 35.1 Å². The van der Waals surface area contributed by atoms with E-state index >= 15 is 0 Å². The smallest absolute Gasteiger partial charge is 0.386 e. The van der Waals surface area contributed by atoms with E-state index in [1.54, 1.807) is 0 Å². The van der Waals surface area contributed by atoms with Crippen molar-refractivity contribution in [1.82, 2.24) is 39.0 Å². The molecule has 6 unspecified atom stereocenters. The maximum Gasteiger partial charge on any atom is 0.472 e. The number of nitrogens with two attached hydrogens (primary N) is 2. The Morgan fingerprint density at radius 3 is 2.24 bits per heavy atom. The number of rotatable bonds is 5. The number of nitrogen functional groups attached to an aromatic ring is 2. The van der Waals surface area contributed by atoms with Crippen LogP contribution in [0.5, 0.6) is 0 Å². The molecule has 7 rings (SSSR count). The molecule has 3 aliphatic heterocycles. The molecule has 27 heteroatoms. The zero-order valence-electron chi connectivity index (χ0n) is 25.7. The Bertz CT molecular complexity index is 2100. The summed E-state index contributed by atoms with van der Waals surface area (Å²) in [5.74, 6) is -1.57. The summed E-state index contributed by atoms with van der Waals surface area (Å²) in [7, 11) is -10.4. The van der Waals surface area contributed by atoms with Crippen molar-refractivity contribution >= 4 is 49.7 Å². The first-order chi connectivity index (χ1) is 24.0. The summed E-state index contributed by atoms with van der Waals surface area (Å²) in [5.41, 5.74) is 10.6. The Balaban J connectivity index is 1.23. The third kappa shape index (κ3) is 7.11. The molecule has 3 saturated heterocycles. The average Bonchev–Trinajstić information content (AvgIpc) is 3.80. The number of fused-ring (bicyclic) bond motifs is 5. The number of anilines is 2. The molecule has 0 spiro atoms. The quantitative estimate of drug-likeness (QED) is 0.152. The van der Waals surface area contributed by atoms with Gasteiger partial charge in [-0.2, -0.15) is 18.2 Å². The zero-order valence-corrected chi connectivity index (χ0v) is 27.5. The minimum atomic E-state index is -5.24. The monoisotopic (exact) mass is 768 g/mol. The maximum absolute atomic E-state index is 13.5. The lowest BCUT2D eigenvalue weighted by Gasteiger charge is -2.27. The van der Waals surface area contributed by atoms with Gasteiger partial charge in [-0.25, -0.2) is 29.1 Å². The number of H-pyrrole nitrogens is 1. The molecule has 278 valence electrons. The van der Waals surface area contributed by atoms with Crippen LogP contribution < -0.4 is 17.0 Å². The highest BCUT2D eigenvalue weighted by Crippen LogP contribution is 2.55. The van der Waals surface area contributed by atoms with Crippen LogP contribution in [0.4, 0.5) is 24.9 Å². The highest BCUT2D eigenvalue weighted by molar-refractivity contribution is 7.47. The number of phosphoric acid groups is 2. The summed E-state index contributed by atoms with van der Waals surface area (Å²) >= 11 is 0. The Morgan fingerprint density at radius 2 is 1.53 bits per heavy atom. The third-order valence-corrected chi connectivity index (χ3v) is 10.5. The van der Waals surface area contributed by atoms with E-state index in [1.165, 1.54) is 10.9 Å². The number of ether oxygens (including phenoxy) is 2. The largest absolute Gasteiger partial charge is 0.472 e. The molecular weight excluding hydrogens is 739 g/mol. The summed E-state index contributed by atoms with van der Waals surface area (Å²) < 4.78 is 102. The second-order valence-electron chi connectivity index (χ2n) is 11.8. The van der Waals surface area contributed by atoms with Gasteiger partial charge < -0.3 is 35.8 Å². The predicted octanol–water partition coefficient (Wildman–Crippen LogP) is 0.646. The van der Waals surface area contributed by atoms with Crippen molar-refractivity contribution in [2.75, 3.05) is 24.7 Å². The molecule has 0 amide bonds. The molecule has 3 aliphatic rings. The highest BCUT2D eigenvalue weighted by Gasteiger charge is 2.54. The standard InChI is InChI=1S/C24H29F3N10O12P2/c25-24(26,27)3-1-2-9-10-4-44-51(42,43)49-16-11(47-21(14(16)38)36-7-32-12-17(28)30-6-31-18(12)36)5-45-50(40,41)48-15(9)22(46-10)37-8-33-13-19(37)34-23(29)35-20(13)39/h6-11,14-16,21-22,38H,1-5H2,(H,40,41)(H,42,43)(H2,28,30,31)(H3,29,34,35,39)/t9?,10-,11-,14?,15?,16?,21-,22-/m1/s1. The van der Waals surface area contributed by atoms with Gasteiger partial charge in [0.2, 0.25) is 5.95 Å². The number of aliphatic hydroxyl groups excluding tert-OH is 1. The highest BCUT2D eigenvalue weighted by atomic mass is 31.2. The number of phosphoric ester groups is 2. The summed E-state index contributed by atoms with van der Waals surface area (Å²) in [6.45, 7) is -1.74. The third-order valence-electron chi connectivity index (χ3n) is 8.50. The summed E-state index contributed by atoms with van der Waals surface area (Å²) in [4.78, 5) is 56.5. The van der Waals surface area contributed by atoms with E-state index in [1.807, 2.05) is 0 Å². The first kappa shape index (κ1) is 35.8. The zero-order chi connectivity index (χ0) is 36.5. The van der Waals surface area contributed by atoms with E-state index in [-0.39, 0.29) is 40.5 Å². The van der Waals surface area contributed by atoms with Gasteiger partial charge in [0.25, 0.3) is 5.56 Å². The molecule has 3 fully saturated rings. The lowest BCUT2D eigenvalue weighted by Crippen LogP contribution is -2.36. The number of aliphatic hydroxyl groups is 1. The van der Waals surface area contributed by atoms with Crippen LogP contribution in [0.1, 0.15) is 31.7 Å². The molecule has 4 aromatic heterocycles. The number of nitrogens with zero attached hydrogens (tertiary/aromatic N) is 7. The fourth-order valence-electron chi connectivity index (χ4n) is 6.29. The van der Waals surface area contributed by atoms with Gasteiger partial charge in [-0.1, -0.05) is 0 Å². The summed E-state index contributed by atoms with van der Waals surface area (Å²) in [6.07, 6.45) is -14.4. The van der Waals surface area contributed by atoms with Crippen LogP contribution in [0.2, 0.25) is 0 Å². The average molecular weight is 768 g/mol. The van der Waals surface area contributed by atoms with Crippen LogP contribution in [-0.4, -0.2) is 104 Å². The fraction of sp³-hybridized carbons (Fsp3) is 0.583. The van der Waals surface area contributed by atoms with Gasteiger partial charge in [-0.05, 0) is 12.8 Å². The number of imidazole rings is 2. The molecule has 4 aromatic rings. The van der Waals surface area contributed by atoms with Gasteiger partial charge in [0.05, 0.1) is 32.0 Å². The van der Waals surface area contributed by atoms with Crippen molar-refractivity contribution < 1.29 is 64.8 Å².